The molecule has 2 N–H and O–H groups in total. The number of methoxy groups -OCH3 is 2. The summed E-state index contributed by atoms with van der Waals surface area (Å²) >= 11 is 13.5. The third-order valence-corrected chi connectivity index (χ3v) is 8.51. The van der Waals surface area contributed by atoms with Gasteiger partial charge in [-0.05, 0) is 56.5 Å². The van der Waals surface area contributed by atoms with Crippen LogP contribution in [0, 0.1) is 0 Å². The molecule has 0 bridgehead atoms. The Morgan fingerprint density at radius 3 is 2.46 bits per heavy atom. The minimum absolute atomic E-state index is 0.0615. The average Bonchev–Trinajstić information content (AvgIpc) is 3.37. The minimum Gasteiger partial charge on any atom is -0.495 e. The number of H-pyrrole nitrogens is 1. The Hall–Kier alpha value is -3.20. The maximum atomic E-state index is 12.3. The molecule has 1 aliphatic carbocycles. The Balaban J connectivity index is 1.51. The molecule has 1 amide bonds. The van der Waals surface area contributed by atoms with E-state index in [1.807, 2.05) is 6.07 Å². The average molecular weight is 571 g/mol. The van der Waals surface area contributed by atoms with Gasteiger partial charge in [0.1, 0.15) is 11.5 Å². The molecule has 1 unspecified atom stereocenters. The van der Waals surface area contributed by atoms with Crippen LogP contribution in [0.15, 0.2) is 36.9 Å². The fourth-order valence-electron chi connectivity index (χ4n) is 5.52. The van der Waals surface area contributed by atoms with Crippen LogP contribution >= 0.6 is 23.2 Å². The summed E-state index contributed by atoms with van der Waals surface area (Å²) in [5, 5.41) is 12.0. The smallest absolute Gasteiger partial charge is 0.247 e. The van der Waals surface area contributed by atoms with E-state index < -0.39 is 0 Å². The molecule has 10 heteroatoms. The number of likely N-dealkylation sites (N-methyl/N-ethyl adjacent to an activating group) is 1. The Morgan fingerprint density at radius 1 is 1.13 bits per heavy atom. The van der Waals surface area contributed by atoms with E-state index >= 15 is 0 Å². The zero-order chi connectivity index (χ0) is 27.7. The van der Waals surface area contributed by atoms with Gasteiger partial charge in [0, 0.05) is 60.3 Å². The van der Waals surface area contributed by atoms with Crippen LogP contribution < -0.4 is 19.7 Å². The Bertz CT molecular complexity index is 1370. The number of carbonyl (C=O) groups excluding carboxylic acids is 1. The van der Waals surface area contributed by atoms with Gasteiger partial charge in [-0.3, -0.25) is 9.89 Å². The first-order valence-corrected chi connectivity index (χ1v) is 13.8. The number of nitrogens with zero attached hydrogens (tertiary/aromatic N) is 3. The third kappa shape index (κ3) is 5.33. The van der Waals surface area contributed by atoms with Crippen LogP contribution in [0.5, 0.6) is 11.5 Å². The highest BCUT2D eigenvalue weighted by atomic mass is 35.5. The van der Waals surface area contributed by atoms with E-state index in [0.29, 0.717) is 33.7 Å². The number of hydrogen-bond acceptors (Lipinski definition) is 6. The molecule has 1 aromatic heterocycles. The van der Waals surface area contributed by atoms with Crippen LogP contribution in [-0.4, -0.2) is 68.5 Å². The number of hydrogen-bond donors (Lipinski definition) is 2. The van der Waals surface area contributed by atoms with Crippen molar-refractivity contribution in [2.45, 2.75) is 25.2 Å². The van der Waals surface area contributed by atoms with Crippen LogP contribution in [0.1, 0.15) is 29.2 Å². The fraction of sp³-hybridized carbons (Fsp3) is 0.379. The van der Waals surface area contributed by atoms with E-state index in [0.717, 1.165) is 72.8 Å². The summed E-state index contributed by atoms with van der Waals surface area (Å²) in [6.45, 7) is 7.50. The van der Waals surface area contributed by atoms with Gasteiger partial charge in [0.2, 0.25) is 5.91 Å². The van der Waals surface area contributed by atoms with Crippen molar-refractivity contribution in [1.82, 2.24) is 15.1 Å². The molecule has 2 heterocycles. The number of carbonyl (C=O) groups is 1. The van der Waals surface area contributed by atoms with Crippen molar-refractivity contribution in [3.05, 3.63) is 63.8 Å². The number of amides is 1. The van der Waals surface area contributed by atoms with Crippen molar-refractivity contribution < 1.29 is 14.3 Å². The molecule has 2 aromatic carbocycles. The number of aromatic nitrogens is 2. The predicted octanol–water partition coefficient (Wildman–Crippen LogP) is 5.55. The molecular weight excluding hydrogens is 537 g/mol. The zero-order valence-corrected chi connectivity index (χ0v) is 24.0. The zero-order valence-electron chi connectivity index (χ0n) is 22.4. The number of benzene rings is 2. The van der Waals surface area contributed by atoms with E-state index in [4.69, 9.17) is 37.8 Å². The Kier molecular flexibility index (Phi) is 8.07. The van der Waals surface area contributed by atoms with Gasteiger partial charge in [-0.1, -0.05) is 29.8 Å². The summed E-state index contributed by atoms with van der Waals surface area (Å²) in [6, 6.07) is 7.86. The molecule has 2 aliphatic rings. The highest BCUT2D eigenvalue weighted by Crippen LogP contribution is 2.48. The van der Waals surface area contributed by atoms with Gasteiger partial charge < -0.3 is 24.6 Å². The van der Waals surface area contributed by atoms with Crippen molar-refractivity contribution in [2.75, 3.05) is 57.7 Å². The predicted molar refractivity (Wildman–Crippen MR) is 157 cm³/mol. The lowest BCUT2D eigenvalue weighted by Crippen LogP contribution is -2.44. The van der Waals surface area contributed by atoms with Crippen LogP contribution in [0.4, 0.5) is 11.4 Å². The molecule has 3 aromatic rings. The van der Waals surface area contributed by atoms with Crippen molar-refractivity contribution in [3.8, 4) is 22.8 Å². The van der Waals surface area contributed by atoms with Gasteiger partial charge in [-0.2, -0.15) is 5.10 Å². The summed E-state index contributed by atoms with van der Waals surface area (Å²) in [5.74, 6) is 0.871. The Morgan fingerprint density at radius 2 is 1.82 bits per heavy atom. The minimum atomic E-state index is -0.260. The third-order valence-electron chi connectivity index (χ3n) is 7.73. The topological polar surface area (TPSA) is 82.7 Å². The highest BCUT2D eigenvalue weighted by molar-refractivity contribution is 6.38. The first kappa shape index (κ1) is 27.4. The summed E-state index contributed by atoms with van der Waals surface area (Å²) in [6.07, 6.45) is 3.55. The number of anilines is 2. The summed E-state index contributed by atoms with van der Waals surface area (Å²) in [4.78, 5) is 17.0. The van der Waals surface area contributed by atoms with Crippen molar-refractivity contribution in [2.24, 2.45) is 0 Å². The first-order chi connectivity index (χ1) is 18.8. The lowest BCUT2D eigenvalue weighted by atomic mass is 9.81. The van der Waals surface area contributed by atoms with Crippen LogP contribution in [0.2, 0.25) is 10.0 Å². The van der Waals surface area contributed by atoms with Gasteiger partial charge in [0.25, 0.3) is 0 Å². The van der Waals surface area contributed by atoms with E-state index in [2.05, 4.69) is 46.0 Å². The van der Waals surface area contributed by atoms with E-state index in [1.165, 1.54) is 6.08 Å². The molecule has 0 radical (unpaired) electrons. The number of aromatic amines is 1. The molecule has 5 rings (SSSR count). The van der Waals surface area contributed by atoms with Crippen LogP contribution in [0.3, 0.4) is 0 Å². The molecule has 1 saturated heterocycles. The lowest BCUT2D eigenvalue weighted by molar-refractivity contribution is -0.111. The molecule has 206 valence electrons. The second-order valence-corrected chi connectivity index (χ2v) is 10.8. The van der Waals surface area contributed by atoms with Gasteiger partial charge in [0.05, 0.1) is 35.6 Å². The molecule has 1 aliphatic heterocycles. The number of fused-ring (bicyclic) bond motifs is 1. The SMILES string of the molecule is C=CC(=O)Nc1ccc(N2CCN(C)CC2)cc1-c1n[nH]c2c1CCC(c1c(Cl)c(OC)cc(OC)c1Cl)C2. The van der Waals surface area contributed by atoms with Crippen LogP contribution in [0.25, 0.3) is 11.3 Å². The maximum absolute atomic E-state index is 12.3. The monoisotopic (exact) mass is 569 g/mol. The van der Waals surface area contributed by atoms with E-state index in [9.17, 15) is 4.79 Å². The second kappa shape index (κ2) is 11.5. The first-order valence-electron chi connectivity index (χ1n) is 13.0. The number of nitrogens with one attached hydrogen (secondary N) is 2. The number of piperazine rings is 1. The standard InChI is InChI=1S/C29H33Cl2N5O3/c1-5-25(37)32-21-9-7-18(36-12-10-35(2)11-13-36)15-20(21)29-19-8-6-17(14-22(19)33-34-29)26-27(30)23(38-3)16-24(39-4)28(26)31/h5,7,9,15-17H,1,6,8,10-14H2,2-4H3,(H,32,37)(H,33,34). The quantitative estimate of drug-likeness (QED) is 0.363. The van der Waals surface area contributed by atoms with E-state index in [-0.39, 0.29) is 11.8 Å². The number of ether oxygens (including phenoxy) is 2. The lowest BCUT2D eigenvalue weighted by Gasteiger charge is -2.34. The van der Waals surface area contributed by atoms with Gasteiger partial charge >= 0.3 is 0 Å². The van der Waals surface area contributed by atoms with Gasteiger partial charge in [-0.15, -0.1) is 0 Å². The van der Waals surface area contributed by atoms with Crippen molar-refractivity contribution >= 4 is 40.5 Å². The molecule has 0 spiro atoms. The second-order valence-electron chi connectivity index (χ2n) is 10.0. The molecule has 0 saturated carbocycles. The van der Waals surface area contributed by atoms with Crippen LogP contribution in [-0.2, 0) is 17.6 Å². The molecule has 39 heavy (non-hydrogen) atoms. The molecule has 1 fully saturated rings. The highest BCUT2D eigenvalue weighted by Gasteiger charge is 2.31. The number of rotatable bonds is 7. The molecule has 8 nitrogen and oxygen atoms in total. The largest absolute Gasteiger partial charge is 0.495 e. The molecule has 1 atom stereocenters. The van der Waals surface area contributed by atoms with Gasteiger partial charge in [0.15, 0.2) is 0 Å². The summed E-state index contributed by atoms with van der Waals surface area (Å²) in [5.41, 5.74) is 6.54. The fourth-order valence-corrected chi connectivity index (χ4v) is 6.33. The van der Waals surface area contributed by atoms with Crippen molar-refractivity contribution in [3.63, 3.8) is 0 Å². The van der Waals surface area contributed by atoms with Crippen molar-refractivity contribution in [1.29, 1.82) is 0 Å². The Labute approximate surface area is 238 Å². The maximum Gasteiger partial charge on any atom is 0.247 e. The normalized spacial score (nSPS) is 17.5. The summed E-state index contributed by atoms with van der Waals surface area (Å²) < 4.78 is 11.0. The molecular formula is C29H33Cl2N5O3. The van der Waals surface area contributed by atoms with E-state index in [1.54, 1.807) is 20.3 Å². The number of halogens is 2. The summed E-state index contributed by atoms with van der Waals surface area (Å²) in [7, 11) is 5.30. The van der Waals surface area contributed by atoms with Gasteiger partial charge in [-0.25, -0.2) is 0 Å².